The van der Waals surface area contributed by atoms with E-state index in [9.17, 15) is 0 Å². The van der Waals surface area contributed by atoms with Gasteiger partial charge in [-0.3, -0.25) is 0 Å². The van der Waals surface area contributed by atoms with Crippen molar-refractivity contribution in [1.82, 2.24) is 4.48 Å². The second kappa shape index (κ2) is 5.02. The van der Waals surface area contributed by atoms with Crippen LogP contribution in [0.15, 0.2) is 38.6 Å². The van der Waals surface area contributed by atoms with E-state index >= 15 is 8.63 Å². The molecule has 2 nitrogen and oxygen atoms in total. The van der Waals surface area contributed by atoms with Gasteiger partial charge in [-0.25, -0.2) is 0 Å². The molecule has 4 heterocycles. The summed E-state index contributed by atoms with van der Waals surface area (Å²) in [7, 11) is 0. The molecule has 0 spiro atoms. The molecule has 0 fully saturated rings. The molecule has 0 aliphatic carbocycles. The van der Waals surface area contributed by atoms with Gasteiger partial charge in [0.15, 0.2) is 5.70 Å². The smallest absolute Gasteiger partial charge is 0.393 e. The molecule has 0 radical (unpaired) electrons. The van der Waals surface area contributed by atoms with Gasteiger partial charge in [0.1, 0.15) is 5.71 Å². The molecule has 2 aromatic rings. The lowest BCUT2D eigenvalue weighted by Gasteiger charge is -2.33. The van der Waals surface area contributed by atoms with Gasteiger partial charge in [-0.05, 0) is 60.1 Å². The summed E-state index contributed by atoms with van der Waals surface area (Å²) in [6.45, 7) is 3.44. The number of allylic oxidation sites excluding steroid dienone is 2. The third-order valence-electron chi connectivity index (χ3n) is 4.79. The van der Waals surface area contributed by atoms with E-state index in [-0.39, 0.29) is 0 Å². The van der Waals surface area contributed by atoms with Crippen LogP contribution in [-0.2, 0) is 0 Å². The second-order valence-electron chi connectivity index (χ2n) is 6.48. The van der Waals surface area contributed by atoms with Gasteiger partial charge in [0.25, 0.3) is 0 Å². The predicted molar refractivity (Wildman–Crippen MR) is 100 cm³/mol. The van der Waals surface area contributed by atoms with Crippen molar-refractivity contribution in [3.8, 4) is 0 Å². The largest absolute Gasteiger partial charge is 0.737 e. The Hall–Kier alpha value is -1.47. The third-order valence-corrected chi connectivity index (χ3v) is 6.30. The molecule has 0 unspecified atom stereocenters. The minimum absolute atomic E-state index is 0.593. The average Bonchev–Trinajstić information content (AvgIpc) is 3.10. The van der Waals surface area contributed by atoms with Crippen LogP contribution in [0.3, 0.4) is 0 Å². The van der Waals surface area contributed by atoms with Crippen LogP contribution in [-0.4, -0.2) is 21.6 Å². The Labute approximate surface area is 152 Å². The fraction of sp³-hybridized carbons (Fsp3) is 0.235. The maximum atomic E-state index is 15.4. The maximum Gasteiger partial charge on any atom is 0.737 e. The van der Waals surface area contributed by atoms with Crippen molar-refractivity contribution in [3.05, 3.63) is 61.2 Å². The van der Waals surface area contributed by atoms with Crippen molar-refractivity contribution in [1.29, 1.82) is 0 Å². The Balaban J connectivity index is 2.19. The number of rotatable bonds is 1. The SMILES string of the molecule is CC1=CC(C)=[N+]2C1=C(c1csc(Br)c1)c1c(C)cc(C)n1[B-]2(F)F. The van der Waals surface area contributed by atoms with Crippen LogP contribution < -0.4 is 0 Å². The summed E-state index contributed by atoms with van der Waals surface area (Å²) in [4.78, 5) is 0. The van der Waals surface area contributed by atoms with E-state index < -0.39 is 6.97 Å². The van der Waals surface area contributed by atoms with E-state index in [1.807, 2.05) is 37.4 Å². The molecule has 0 saturated carbocycles. The molecule has 0 bridgehead atoms. The summed E-state index contributed by atoms with van der Waals surface area (Å²) < 4.78 is 34.3. The number of halogens is 3. The molecule has 7 heteroatoms. The molecule has 0 saturated heterocycles. The molecule has 4 rings (SSSR count). The number of fused-ring (bicyclic) bond motifs is 2. The molecule has 0 atom stereocenters. The van der Waals surface area contributed by atoms with Gasteiger partial charge in [-0.2, -0.15) is 0 Å². The van der Waals surface area contributed by atoms with E-state index in [1.54, 1.807) is 25.2 Å². The van der Waals surface area contributed by atoms with Crippen LogP contribution in [0, 0.1) is 13.8 Å². The van der Waals surface area contributed by atoms with E-state index in [2.05, 4.69) is 15.9 Å². The summed E-state index contributed by atoms with van der Waals surface area (Å²) in [6, 6.07) is 3.86. The molecular weight excluding hydrogens is 393 g/mol. The van der Waals surface area contributed by atoms with Crippen molar-refractivity contribution >= 4 is 45.5 Å². The zero-order valence-corrected chi connectivity index (χ0v) is 16.2. The molecule has 2 aliphatic rings. The lowest BCUT2D eigenvalue weighted by atomic mass is 9.84. The molecule has 2 aromatic heterocycles. The monoisotopic (exact) mass is 408 g/mol. The molecular formula is C17H16BBrF2N2S. The van der Waals surface area contributed by atoms with Crippen molar-refractivity contribution in [3.63, 3.8) is 0 Å². The third kappa shape index (κ3) is 1.94. The van der Waals surface area contributed by atoms with E-state index in [0.29, 0.717) is 22.8 Å². The van der Waals surface area contributed by atoms with Crippen LogP contribution in [0.5, 0.6) is 0 Å². The zero-order chi connectivity index (χ0) is 17.4. The summed E-state index contributed by atoms with van der Waals surface area (Å²) in [5.41, 5.74) is 6.09. The fourth-order valence-electron chi connectivity index (χ4n) is 4.01. The minimum atomic E-state index is -3.89. The highest BCUT2D eigenvalue weighted by Crippen LogP contribution is 2.45. The Kier molecular flexibility index (Phi) is 3.35. The van der Waals surface area contributed by atoms with Gasteiger partial charge in [-0.1, -0.05) is 0 Å². The van der Waals surface area contributed by atoms with Crippen LogP contribution in [0.25, 0.3) is 5.57 Å². The van der Waals surface area contributed by atoms with Crippen molar-refractivity contribution in [2.75, 3.05) is 0 Å². The van der Waals surface area contributed by atoms with Gasteiger partial charge in [-0.15, -0.1) is 11.3 Å². The first kappa shape index (κ1) is 16.0. The summed E-state index contributed by atoms with van der Waals surface area (Å²) in [5.74, 6) is 0. The Morgan fingerprint density at radius 2 is 1.88 bits per heavy atom. The van der Waals surface area contributed by atoms with Crippen LogP contribution in [0.1, 0.15) is 36.4 Å². The number of hydrogen-bond acceptors (Lipinski definition) is 1. The highest BCUT2D eigenvalue weighted by Gasteiger charge is 2.55. The van der Waals surface area contributed by atoms with E-state index in [1.165, 1.54) is 8.96 Å². The Bertz CT molecular complexity index is 994. The summed E-state index contributed by atoms with van der Waals surface area (Å²) in [5, 5.41) is 2.02. The highest BCUT2D eigenvalue weighted by atomic mass is 79.9. The van der Waals surface area contributed by atoms with Crippen LogP contribution in [0.4, 0.5) is 8.63 Å². The summed E-state index contributed by atoms with van der Waals surface area (Å²) in [6.07, 6.45) is 1.85. The topological polar surface area (TPSA) is 7.94 Å². The highest BCUT2D eigenvalue weighted by molar-refractivity contribution is 9.11. The minimum Gasteiger partial charge on any atom is -0.393 e. The molecule has 124 valence electrons. The first-order chi connectivity index (χ1) is 11.2. The number of aryl methyl sites for hydroxylation is 2. The van der Waals surface area contributed by atoms with E-state index in [4.69, 9.17) is 0 Å². The number of aromatic nitrogens is 1. The second-order valence-corrected chi connectivity index (χ2v) is 8.77. The molecule has 0 amide bonds. The molecule has 0 aromatic carbocycles. The fourth-order valence-corrected chi connectivity index (χ4v) is 5.16. The van der Waals surface area contributed by atoms with Gasteiger partial charge < -0.3 is 17.6 Å². The Morgan fingerprint density at radius 1 is 1.17 bits per heavy atom. The number of nitrogens with zero attached hydrogens (tertiary/aromatic N) is 2. The van der Waals surface area contributed by atoms with Crippen LogP contribution in [0.2, 0.25) is 0 Å². The first-order valence-electron chi connectivity index (χ1n) is 7.75. The number of thiophene rings is 1. The quantitative estimate of drug-likeness (QED) is 0.561. The Morgan fingerprint density at radius 3 is 2.50 bits per heavy atom. The molecule has 2 aliphatic heterocycles. The number of hydrogen-bond donors (Lipinski definition) is 0. The van der Waals surface area contributed by atoms with Crippen molar-refractivity contribution in [2.24, 2.45) is 0 Å². The molecule has 0 N–H and O–H groups in total. The van der Waals surface area contributed by atoms with E-state index in [0.717, 1.165) is 26.1 Å². The van der Waals surface area contributed by atoms with Gasteiger partial charge in [0.2, 0.25) is 0 Å². The lowest BCUT2D eigenvalue weighted by Crippen LogP contribution is -2.51. The van der Waals surface area contributed by atoms with Gasteiger partial charge >= 0.3 is 6.97 Å². The van der Waals surface area contributed by atoms with Crippen molar-refractivity contribution in [2.45, 2.75) is 27.7 Å². The maximum absolute atomic E-state index is 15.4. The normalized spacial score (nSPS) is 18.9. The summed E-state index contributed by atoms with van der Waals surface area (Å²) >= 11 is 5.06. The lowest BCUT2D eigenvalue weighted by molar-refractivity contribution is -0.363. The van der Waals surface area contributed by atoms with Gasteiger partial charge in [0, 0.05) is 35.2 Å². The van der Waals surface area contributed by atoms with Crippen LogP contribution >= 0.6 is 27.3 Å². The molecule has 24 heavy (non-hydrogen) atoms. The first-order valence-corrected chi connectivity index (χ1v) is 9.42. The van der Waals surface area contributed by atoms with Gasteiger partial charge in [0.05, 0.1) is 9.36 Å². The zero-order valence-electron chi connectivity index (χ0n) is 13.8. The van der Waals surface area contributed by atoms with Crippen molar-refractivity contribution < 1.29 is 13.1 Å². The average molecular weight is 409 g/mol. The predicted octanol–water partition coefficient (Wildman–Crippen LogP) is 5.36. The standard InChI is InChI=1S/C17H16BBrF2N2S/c1-9-5-11(3)22-16(9)15(13-7-14(19)24-8-13)17-10(2)6-12(4)23(17)18(22,20)21/h5-8H,1-4H3.